The Morgan fingerprint density at radius 2 is 1.90 bits per heavy atom. The summed E-state index contributed by atoms with van der Waals surface area (Å²) in [7, 11) is 5.79. The van der Waals surface area contributed by atoms with Gasteiger partial charge in [0.1, 0.15) is 17.4 Å². The van der Waals surface area contributed by atoms with Crippen molar-refractivity contribution in [1.29, 1.82) is 0 Å². The average Bonchev–Trinajstić information content (AvgIpc) is 2.99. The highest BCUT2D eigenvalue weighted by atomic mass is 16.5. The molecule has 1 aromatic carbocycles. The van der Waals surface area contributed by atoms with Gasteiger partial charge in [-0.05, 0) is 42.5 Å². The smallest absolute Gasteiger partial charge is 0.138 e. The predicted molar refractivity (Wildman–Crippen MR) is 84.1 cm³/mol. The molecule has 1 aromatic heterocycles. The molecule has 0 amide bonds. The number of benzene rings is 1. The van der Waals surface area contributed by atoms with Gasteiger partial charge in [0.25, 0.3) is 0 Å². The molecule has 0 radical (unpaired) electrons. The third-order valence-electron chi connectivity index (χ3n) is 3.86. The summed E-state index contributed by atoms with van der Waals surface area (Å²) < 4.78 is 5.34. The first kappa shape index (κ1) is 13.0. The van der Waals surface area contributed by atoms with Crippen LogP contribution in [-0.4, -0.2) is 39.3 Å². The van der Waals surface area contributed by atoms with Crippen molar-refractivity contribution in [2.45, 2.75) is 12.8 Å². The van der Waals surface area contributed by atoms with E-state index in [1.54, 1.807) is 7.11 Å². The van der Waals surface area contributed by atoms with Crippen molar-refractivity contribution < 1.29 is 4.74 Å². The van der Waals surface area contributed by atoms with Gasteiger partial charge >= 0.3 is 0 Å². The van der Waals surface area contributed by atoms with E-state index < -0.39 is 0 Å². The van der Waals surface area contributed by atoms with Gasteiger partial charge in [-0.1, -0.05) is 0 Å². The predicted octanol–water partition coefficient (Wildman–Crippen LogP) is 2.91. The molecule has 0 unspecified atom stereocenters. The summed E-state index contributed by atoms with van der Waals surface area (Å²) in [5.74, 6) is 2.99. The van der Waals surface area contributed by atoms with Crippen LogP contribution in [0.2, 0.25) is 0 Å². The van der Waals surface area contributed by atoms with Crippen molar-refractivity contribution in [3.63, 3.8) is 0 Å². The maximum absolute atomic E-state index is 5.34. The Morgan fingerprint density at radius 1 is 1.15 bits per heavy atom. The van der Waals surface area contributed by atoms with E-state index in [1.807, 2.05) is 20.2 Å². The summed E-state index contributed by atoms with van der Waals surface area (Å²) in [6.07, 6.45) is 2.52. The first-order chi connectivity index (χ1) is 9.69. The van der Waals surface area contributed by atoms with Gasteiger partial charge in [-0.25, -0.2) is 4.98 Å². The Balaban J connectivity index is 2.16. The molecule has 4 heteroatoms. The van der Waals surface area contributed by atoms with Crippen molar-refractivity contribution in [2.75, 3.05) is 44.1 Å². The Hall–Kier alpha value is -1.97. The lowest BCUT2D eigenvalue weighted by atomic mass is 10.1. The molecule has 20 heavy (non-hydrogen) atoms. The molecule has 0 atom stereocenters. The van der Waals surface area contributed by atoms with Crippen LogP contribution in [0.3, 0.4) is 0 Å². The van der Waals surface area contributed by atoms with E-state index in [1.165, 1.54) is 23.6 Å². The van der Waals surface area contributed by atoms with Gasteiger partial charge in [0.2, 0.25) is 0 Å². The lowest BCUT2D eigenvalue weighted by molar-refractivity contribution is 0.415. The molecule has 1 aliphatic rings. The van der Waals surface area contributed by atoms with E-state index >= 15 is 0 Å². The number of hydrogen-bond donors (Lipinski definition) is 0. The van der Waals surface area contributed by atoms with Gasteiger partial charge in [0.15, 0.2) is 0 Å². The van der Waals surface area contributed by atoms with Crippen LogP contribution in [0.25, 0.3) is 10.8 Å². The Morgan fingerprint density at radius 3 is 2.55 bits per heavy atom. The van der Waals surface area contributed by atoms with Crippen molar-refractivity contribution in [2.24, 2.45) is 0 Å². The molecule has 4 nitrogen and oxygen atoms in total. The van der Waals surface area contributed by atoms with Crippen LogP contribution in [-0.2, 0) is 0 Å². The molecule has 0 saturated carbocycles. The maximum Gasteiger partial charge on any atom is 0.138 e. The minimum Gasteiger partial charge on any atom is -0.497 e. The first-order valence-electron chi connectivity index (χ1n) is 7.10. The number of methoxy groups -OCH3 is 1. The van der Waals surface area contributed by atoms with Gasteiger partial charge in [0, 0.05) is 32.6 Å². The lowest BCUT2D eigenvalue weighted by Gasteiger charge is -2.21. The Bertz CT molecular complexity index is 618. The summed E-state index contributed by atoms with van der Waals surface area (Å²) in [5, 5.41) is 2.35. The quantitative estimate of drug-likeness (QED) is 0.858. The van der Waals surface area contributed by atoms with Crippen LogP contribution in [0.1, 0.15) is 12.8 Å². The molecular weight excluding hydrogens is 250 g/mol. The fourth-order valence-electron chi connectivity index (χ4n) is 2.78. The Kier molecular flexibility index (Phi) is 3.38. The molecule has 2 heterocycles. The molecule has 1 saturated heterocycles. The van der Waals surface area contributed by atoms with Gasteiger partial charge in [-0.15, -0.1) is 0 Å². The van der Waals surface area contributed by atoms with Gasteiger partial charge in [-0.2, -0.15) is 0 Å². The minimum atomic E-state index is 0.890. The molecule has 106 valence electrons. The molecule has 0 bridgehead atoms. The number of fused-ring (bicyclic) bond motifs is 1. The van der Waals surface area contributed by atoms with Crippen molar-refractivity contribution in [1.82, 2.24) is 4.98 Å². The van der Waals surface area contributed by atoms with Crippen LogP contribution in [0, 0.1) is 0 Å². The van der Waals surface area contributed by atoms with E-state index in [2.05, 4.69) is 28.0 Å². The number of ether oxygens (including phenoxy) is 1. The summed E-state index contributed by atoms with van der Waals surface area (Å²) in [4.78, 5) is 9.29. The minimum absolute atomic E-state index is 0.890. The van der Waals surface area contributed by atoms with Crippen LogP contribution in [0.5, 0.6) is 5.75 Å². The van der Waals surface area contributed by atoms with E-state index in [0.717, 1.165) is 30.5 Å². The number of rotatable bonds is 3. The number of hydrogen-bond acceptors (Lipinski definition) is 4. The van der Waals surface area contributed by atoms with Gasteiger partial charge < -0.3 is 14.5 Å². The summed E-state index contributed by atoms with van der Waals surface area (Å²) in [6.45, 7) is 2.21. The Labute approximate surface area is 120 Å². The van der Waals surface area contributed by atoms with Crippen molar-refractivity contribution in [3.05, 3.63) is 24.3 Å². The topological polar surface area (TPSA) is 28.6 Å². The third-order valence-corrected chi connectivity index (χ3v) is 3.86. The molecule has 0 N–H and O–H groups in total. The van der Waals surface area contributed by atoms with E-state index in [-0.39, 0.29) is 0 Å². The van der Waals surface area contributed by atoms with Gasteiger partial charge in [0.05, 0.1) is 7.11 Å². The van der Waals surface area contributed by atoms with Crippen LogP contribution in [0.4, 0.5) is 11.6 Å². The highest BCUT2D eigenvalue weighted by molar-refractivity contribution is 5.95. The SMILES string of the molecule is COc1ccc2c(N(C)C)nc(N3CCCC3)cc2c1. The van der Waals surface area contributed by atoms with E-state index in [0.29, 0.717) is 0 Å². The second-order valence-electron chi connectivity index (χ2n) is 5.48. The number of pyridine rings is 1. The molecule has 3 rings (SSSR count). The zero-order chi connectivity index (χ0) is 14.1. The standard InChI is InChI=1S/C16H21N3O/c1-18(2)16-14-7-6-13(20-3)10-12(14)11-15(17-16)19-8-4-5-9-19/h6-7,10-11H,4-5,8-9H2,1-3H3. The fraction of sp³-hybridized carbons (Fsp3) is 0.438. The highest BCUT2D eigenvalue weighted by Gasteiger charge is 2.16. The molecule has 1 aliphatic heterocycles. The van der Waals surface area contributed by atoms with Crippen LogP contribution in [0.15, 0.2) is 24.3 Å². The average molecular weight is 271 g/mol. The van der Waals surface area contributed by atoms with Crippen molar-refractivity contribution >= 4 is 22.4 Å². The second kappa shape index (κ2) is 5.19. The zero-order valence-corrected chi connectivity index (χ0v) is 12.4. The van der Waals surface area contributed by atoms with E-state index in [4.69, 9.17) is 9.72 Å². The first-order valence-corrected chi connectivity index (χ1v) is 7.10. The molecular formula is C16H21N3O. The number of anilines is 2. The normalized spacial score (nSPS) is 14.8. The lowest BCUT2D eigenvalue weighted by Crippen LogP contribution is -2.20. The molecule has 1 fully saturated rings. The van der Waals surface area contributed by atoms with Crippen LogP contribution >= 0.6 is 0 Å². The number of nitrogens with zero attached hydrogens (tertiary/aromatic N) is 3. The molecule has 2 aromatic rings. The molecule has 0 spiro atoms. The summed E-state index contributed by atoms with van der Waals surface area (Å²) >= 11 is 0. The number of aromatic nitrogens is 1. The van der Waals surface area contributed by atoms with Crippen molar-refractivity contribution in [3.8, 4) is 5.75 Å². The summed E-state index contributed by atoms with van der Waals surface area (Å²) in [6, 6.07) is 8.34. The highest BCUT2D eigenvalue weighted by Crippen LogP contribution is 2.31. The third kappa shape index (κ3) is 2.26. The zero-order valence-electron chi connectivity index (χ0n) is 12.4. The monoisotopic (exact) mass is 271 g/mol. The second-order valence-corrected chi connectivity index (χ2v) is 5.48. The maximum atomic E-state index is 5.34. The van der Waals surface area contributed by atoms with Gasteiger partial charge in [-0.3, -0.25) is 0 Å². The molecule has 0 aliphatic carbocycles. The fourth-order valence-corrected chi connectivity index (χ4v) is 2.78. The largest absolute Gasteiger partial charge is 0.497 e. The summed E-state index contributed by atoms with van der Waals surface area (Å²) in [5.41, 5.74) is 0. The van der Waals surface area contributed by atoms with E-state index in [9.17, 15) is 0 Å². The van der Waals surface area contributed by atoms with Crippen LogP contribution < -0.4 is 14.5 Å².